The average molecular weight is 271 g/mol. The Bertz CT molecular complexity index is 614. The predicted molar refractivity (Wildman–Crippen MR) is 78.8 cm³/mol. The summed E-state index contributed by atoms with van der Waals surface area (Å²) in [6.45, 7) is 3.68. The highest BCUT2D eigenvalue weighted by molar-refractivity contribution is 5.81. The summed E-state index contributed by atoms with van der Waals surface area (Å²) in [7, 11) is 0. The normalized spacial score (nSPS) is 11.7. The molecule has 1 heterocycles. The number of primary amides is 1. The number of nitrogens with one attached hydrogen (secondary N) is 2. The van der Waals surface area contributed by atoms with E-state index in [1.807, 2.05) is 31.2 Å². The molecule has 2 rings (SSSR count). The molecule has 0 aliphatic rings. The molecule has 1 aromatic carbocycles. The number of benzene rings is 1. The fraction of sp³-hybridized carbons (Fsp3) is 0.214. The second-order valence-electron chi connectivity index (χ2n) is 4.53. The quantitative estimate of drug-likeness (QED) is 0.771. The van der Waals surface area contributed by atoms with Gasteiger partial charge in [-0.05, 0) is 37.6 Å². The number of aryl methyl sites for hydroxylation is 1. The lowest BCUT2D eigenvalue weighted by atomic mass is 10.2. The Morgan fingerprint density at radius 1 is 1.35 bits per heavy atom. The molecule has 0 spiro atoms. The van der Waals surface area contributed by atoms with Crippen molar-refractivity contribution < 1.29 is 4.79 Å². The molecule has 20 heavy (non-hydrogen) atoms. The second-order valence-corrected chi connectivity index (χ2v) is 4.53. The molecule has 1 aromatic heterocycles. The topological polar surface area (TPSA) is 92.9 Å². The Hall–Kier alpha value is -2.63. The van der Waals surface area contributed by atoms with Gasteiger partial charge in [0.15, 0.2) is 0 Å². The van der Waals surface area contributed by atoms with Crippen LogP contribution in [0, 0.1) is 6.92 Å². The molecule has 2 aromatic rings. The van der Waals surface area contributed by atoms with E-state index < -0.39 is 11.9 Å². The van der Waals surface area contributed by atoms with Crippen LogP contribution in [0.4, 0.5) is 17.5 Å². The van der Waals surface area contributed by atoms with Crippen molar-refractivity contribution in [2.24, 2.45) is 5.73 Å². The maximum atomic E-state index is 11.0. The van der Waals surface area contributed by atoms with Crippen LogP contribution >= 0.6 is 0 Å². The Labute approximate surface area is 117 Å². The summed E-state index contributed by atoms with van der Waals surface area (Å²) in [6, 6.07) is 9.18. The van der Waals surface area contributed by atoms with Gasteiger partial charge in [-0.3, -0.25) is 4.79 Å². The van der Waals surface area contributed by atoms with Crippen LogP contribution in [0.3, 0.4) is 0 Å². The first-order chi connectivity index (χ1) is 9.54. The lowest BCUT2D eigenvalue weighted by Crippen LogP contribution is -2.33. The lowest BCUT2D eigenvalue weighted by Gasteiger charge is -2.11. The molecule has 4 N–H and O–H groups in total. The van der Waals surface area contributed by atoms with Gasteiger partial charge >= 0.3 is 0 Å². The van der Waals surface area contributed by atoms with Crippen molar-refractivity contribution in [2.75, 3.05) is 10.6 Å². The van der Waals surface area contributed by atoms with Crippen LogP contribution in [-0.4, -0.2) is 21.9 Å². The van der Waals surface area contributed by atoms with Crippen LogP contribution < -0.4 is 16.4 Å². The zero-order chi connectivity index (χ0) is 14.5. The van der Waals surface area contributed by atoms with E-state index in [1.54, 1.807) is 19.2 Å². The SMILES string of the molecule is Cc1cccc(Nc2ccnc(N[C@H](C)C(N)=O)n2)c1. The van der Waals surface area contributed by atoms with Gasteiger partial charge in [-0.1, -0.05) is 12.1 Å². The van der Waals surface area contributed by atoms with Crippen LogP contribution in [0.5, 0.6) is 0 Å². The van der Waals surface area contributed by atoms with Crippen molar-refractivity contribution in [1.82, 2.24) is 9.97 Å². The fourth-order valence-electron chi connectivity index (χ4n) is 1.63. The first kappa shape index (κ1) is 13.8. The molecule has 1 atom stereocenters. The molecule has 0 radical (unpaired) electrons. The lowest BCUT2D eigenvalue weighted by molar-refractivity contribution is -0.118. The average Bonchev–Trinajstić information content (AvgIpc) is 2.39. The van der Waals surface area contributed by atoms with Gasteiger partial charge in [0.1, 0.15) is 11.9 Å². The predicted octanol–water partition coefficient (Wildman–Crippen LogP) is 1.81. The molecule has 0 saturated heterocycles. The van der Waals surface area contributed by atoms with E-state index in [-0.39, 0.29) is 0 Å². The summed E-state index contributed by atoms with van der Waals surface area (Å²) in [5, 5.41) is 6.02. The monoisotopic (exact) mass is 271 g/mol. The molecule has 0 unspecified atom stereocenters. The molecule has 0 saturated carbocycles. The van der Waals surface area contributed by atoms with Crippen molar-refractivity contribution in [3.05, 3.63) is 42.1 Å². The van der Waals surface area contributed by atoms with Gasteiger partial charge in [0, 0.05) is 11.9 Å². The van der Waals surface area contributed by atoms with Gasteiger partial charge in [-0.2, -0.15) is 4.98 Å². The van der Waals surface area contributed by atoms with E-state index in [4.69, 9.17) is 5.73 Å². The molecule has 6 nitrogen and oxygen atoms in total. The third-order valence-electron chi connectivity index (χ3n) is 2.72. The summed E-state index contributed by atoms with van der Waals surface area (Å²) in [5.41, 5.74) is 7.29. The number of nitrogens with zero attached hydrogens (tertiary/aromatic N) is 2. The highest BCUT2D eigenvalue weighted by Crippen LogP contribution is 2.16. The number of aromatic nitrogens is 2. The largest absolute Gasteiger partial charge is 0.368 e. The van der Waals surface area contributed by atoms with Gasteiger partial charge in [0.2, 0.25) is 11.9 Å². The van der Waals surface area contributed by atoms with E-state index >= 15 is 0 Å². The minimum absolute atomic E-state index is 0.356. The van der Waals surface area contributed by atoms with Crippen LogP contribution in [0.2, 0.25) is 0 Å². The van der Waals surface area contributed by atoms with E-state index in [0.717, 1.165) is 11.3 Å². The fourth-order valence-corrected chi connectivity index (χ4v) is 1.63. The highest BCUT2D eigenvalue weighted by atomic mass is 16.1. The van der Waals surface area contributed by atoms with Crippen LogP contribution in [0.15, 0.2) is 36.5 Å². The molecule has 6 heteroatoms. The number of hydrogen-bond acceptors (Lipinski definition) is 5. The molecule has 0 bridgehead atoms. The van der Waals surface area contributed by atoms with Gasteiger partial charge in [-0.25, -0.2) is 4.98 Å². The van der Waals surface area contributed by atoms with Crippen LogP contribution in [0.25, 0.3) is 0 Å². The van der Waals surface area contributed by atoms with Crippen LogP contribution in [-0.2, 0) is 4.79 Å². The van der Waals surface area contributed by atoms with E-state index in [1.165, 1.54) is 0 Å². The second kappa shape index (κ2) is 6.01. The Kier molecular flexibility index (Phi) is 4.14. The Morgan fingerprint density at radius 3 is 2.85 bits per heavy atom. The summed E-state index contributed by atoms with van der Waals surface area (Å²) in [6.07, 6.45) is 1.61. The number of nitrogens with two attached hydrogens (primary N) is 1. The highest BCUT2D eigenvalue weighted by Gasteiger charge is 2.09. The van der Waals surface area contributed by atoms with Gasteiger partial charge in [0.05, 0.1) is 0 Å². The molecule has 1 amide bonds. The molecule has 0 aliphatic heterocycles. The zero-order valence-electron chi connectivity index (χ0n) is 11.4. The summed E-state index contributed by atoms with van der Waals surface area (Å²) >= 11 is 0. The summed E-state index contributed by atoms with van der Waals surface area (Å²) < 4.78 is 0. The van der Waals surface area contributed by atoms with Crippen molar-refractivity contribution in [3.63, 3.8) is 0 Å². The molecule has 104 valence electrons. The number of carbonyl (C=O) groups excluding carboxylic acids is 1. The van der Waals surface area contributed by atoms with Crippen molar-refractivity contribution in [1.29, 1.82) is 0 Å². The van der Waals surface area contributed by atoms with Crippen molar-refractivity contribution >= 4 is 23.4 Å². The zero-order valence-corrected chi connectivity index (χ0v) is 11.4. The Balaban J connectivity index is 2.11. The molecular formula is C14H17N5O. The number of carbonyl (C=O) groups is 1. The molecule has 0 fully saturated rings. The number of hydrogen-bond donors (Lipinski definition) is 3. The van der Waals surface area contributed by atoms with Crippen molar-refractivity contribution in [3.8, 4) is 0 Å². The van der Waals surface area contributed by atoms with E-state index in [0.29, 0.717) is 11.8 Å². The minimum Gasteiger partial charge on any atom is -0.368 e. The maximum absolute atomic E-state index is 11.0. The van der Waals surface area contributed by atoms with Crippen molar-refractivity contribution in [2.45, 2.75) is 19.9 Å². The minimum atomic E-state index is -0.524. The number of rotatable bonds is 5. The third-order valence-corrected chi connectivity index (χ3v) is 2.72. The molecular weight excluding hydrogens is 254 g/mol. The first-order valence-electron chi connectivity index (χ1n) is 6.27. The van der Waals surface area contributed by atoms with Gasteiger partial charge in [0.25, 0.3) is 0 Å². The standard InChI is InChI=1S/C14H17N5O/c1-9-4-3-5-11(8-9)18-12-6-7-16-14(19-12)17-10(2)13(15)20/h3-8,10H,1-2H3,(H2,15,20)(H2,16,17,18,19)/t10-/m1/s1. The summed E-state index contributed by atoms with van der Waals surface area (Å²) in [4.78, 5) is 19.3. The third kappa shape index (κ3) is 3.68. The smallest absolute Gasteiger partial charge is 0.239 e. The first-order valence-corrected chi connectivity index (χ1v) is 6.27. The number of anilines is 3. The van der Waals surface area contributed by atoms with E-state index in [2.05, 4.69) is 20.6 Å². The summed E-state index contributed by atoms with van der Waals surface area (Å²) in [5.74, 6) is 0.546. The Morgan fingerprint density at radius 2 is 2.15 bits per heavy atom. The van der Waals surface area contributed by atoms with Gasteiger partial charge < -0.3 is 16.4 Å². The van der Waals surface area contributed by atoms with Crippen LogP contribution in [0.1, 0.15) is 12.5 Å². The van der Waals surface area contributed by atoms with E-state index in [9.17, 15) is 4.79 Å². The maximum Gasteiger partial charge on any atom is 0.239 e. The molecule has 0 aliphatic carbocycles. The van der Waals surface area contributed by atoms with Gasteiger partial charge in [-0.15, -0.1) is 0 Å². The number of amides is 1.